The summed E-state index contributed by atoms with van der Waals surface area (Å²) in [4.78, 5) is 4.35. The van der Waals surface area contributed by atoms with Crippen LogP contribution >= 0.6 is 11.6 Å². The number of aromatic nitrogens is 1. The summed E-state index contributed by atoms with van der Waals surface area (Å²) in [5, 5.41) is 3.93. The topological polar surface area (TPSA) is 24.9 Å². The number of nitrogens with zero attached hydrogens (tertiary/aromatic N) is 1. The fourth-order valence-electron chi connectivity index (χ4n) is 1.80. The summed E-state index contributed by atoms with van der Waals surface area (Å²) in [7, 11) is 1.93. The first-order valence-electron chi connectivity index (χ1n) is 5.56. The lowest BCUT2D eigenvalue weighted by molar-refractivity contribution is 0.671. The lowest BCUT2D eigenvalue weighted by Gasteiger charge is -2.16. The molecule has 0 spiro atoms. The van der Waals surface area contributed by atoms with E-state index in [4.69, 9.17) is 11.6 Å². The first-order valence-corrected chi connectivity index (χ1v) is 5.94. The molecule has 0 radical (unpaired) electrons. The van der Waals surface area contributed by atoms with Crippen molar-refractivity contribution in [2.24, 2.45) is 0 Å². The van der Waals surface area contributed by atoms with Crippen LogP contribution < -0.4 is 5.32 Å². The molecule has 3 heteroatoms. The van der Waals surface area contributed by atoms with E-state index in [-0.39, 0.29) is 6.04 Å². The zero-order valence-corrected chi connectivity index (χ0v) is 10.7. The van der Waals surface area contributed by atoms with Crippen LogP contribution in [0.4, 0.5) is 0 Å². The van der Waals surface area contributed by atoms with E-state index >= 15 is 0 Å². The molecule has 0 bridgehead atoms. The van der Waals surface area contributed by atoms with Crippen molar-refractivity contribution in [2.45, 2.75) is 13.0 Å². The standard InChI is InChI=1S/C14H15ClN2/c1-10-3-5-11(6-4-10)14(16-2)13-8-7-12(15)9-17-13/h3-9,14,16H,1-2H3. The fourth-order valence-corrected chi connectivity index (χ4v) is 1.91. The van der Waals surface area contributed by atoms with E-state index in [1.54, 1.807) is 6.20 Å². The van der Waals surface area contributed by atoms with Gasteiger partial charge in [-0.3, -0.25) is 4.98 Å². The van der Waals surface area contributed by atoms with Crippen LogP contribution in [0.1, 0.15) is 22.9 Å². The predicted octanol–water partition coefficient (Wildman–Crippen LogP) is 3.35. The van der Waals surface area contributed by atoms with E-state index < -0.39 is 0 Å². The van der Waals surface area contributed by atoms with Gasteiger partial charge >= 0.3 is 0 Å². The van der Waals surface area contributed by atoms with E-state index in [2.05, 4.69) is 41.5 Å². The third kappa shape index (κ3) is 2.84. The molecule has 0 fully saturated rings. The van der Waals surface area contributed by atoms with Crippen LogP contribution in [0.2, 0.25) is 5.02 Å². The van der Waals surface area contributed by atoms with Crippen molar-refractivity contribution >= 4 is 11.6 Å². The van der Waals surface area contributed by atoms with Crippen molar-refractivity contribution in [1.82, 2.24) is 10.3 Å². The Hall–Kier alpha value is -1.38. The van der Waals surface area contributed by atoms with Gasteiger partial charge in [-0.2, -0.15) is 0 Å². The summed E-state index contributed by atoms with van der Waals surface area (Å²) in [6, 6.07) is 12.4. The van der Waals surface area contributed by atoms with Crippen LogP contribution in [-0.4, -0.2) is 12.0 Å². The molecule has 88 valence electrons. The van der Waals surface area contributed by atoms with Crippen molar-refractivity contribution in [3.63, 3.8) is 0 Å². The second kappa shape index (κ2) is 5.30. The van der Waals surface area contributed by atoms with Crippen LogP contribution in [0.15, 0.2) is 42.6 Å². The minimum Gasteiger partial charge on any atom is -0.308 e. The van der Waals surface area contributed by atoms with Gasteiger partial charge < -0.3 is 5.32 Å². The van der Waals surface area contributed by atoms with E-state index in [0.29, 0.717) is 5.02 Å². The average Bonchev–Trinajstić information content (AvgIpc) is 2.35. The second-order valence-corrected chi connectivity index (χ2v) is 4.47. The summed E-state index contributed by atoms with van der Waals surface area (Å²) in [5.41, 5.74) is 3.43. The van der Waals surface area contributed by atoms with Crippen molar-refractivity contribution in [2.75, 3.05) is 7.05 Å². The number of benzene rings is 1. The summed E-state index contributed by atoms with van der Waals surface area (Å²) in [6.07, 6.45) is 1.68. The zero-order valence-electron chi connectivity index (χ0n) is 9.94. The molecule has 2 nitrogen and oxygen atoms in total. The number of aryl methyl sites for hydroxylation is 1. The Labute approximate surface area is 107 Å². The maximum absolute atomic E-state index is 5.84. The van der Waals surface area contributed by atoms with Crippen molar-refractivity contribution < 1.29 is 0 Å². The molecule has 0 amide bonds. The van der Waals surface area contributed by atoms with E-state index in [0.717, 1.165) is 5.69 Å². The molecule has 2 rings (SSSR count). The lowest BCUT2D eigenvalue weighted by atomic mass is 10.0. The van der Waals surface area contributed by atoms with Crippen molar-refractivity contribution in [3.05, 3.63) is 64.4 Å². The minimum atomic E-state index is 0.105. The lowest BCUT2D eigenvalue weighted by Crippen LogP contribution is -2.18. The molecule has 1 atom stereocenters. The Kier molecular flexibility index (Phi) is 3.77. The first-order chi connectivity index (χ1) is 8.20. The highest BCUT2D eigenvalue weighted by Gasteiger charge is 2.12. The van der Waals surface area contributed by atoms with Gasteiger partial charge in [0.25, 0.3) is 0 Å². The second-order valence-electron chi connectivity index (χ2n) is 4.03. The smallest absolute Gasteiger partial charge is 0.0748 e. The SMILES string of the molecule is CNC(c1ccc(C)cc1)c1ccc(Cl)cn1. The van der Waals surface area contributed by atoms with Crippen molar-refractivity contribution in [3.8, 4) is 0 Å². The molecule has 1 unspecified atom stereocenters. The Morgan fingerprint density at radius 1 is 1.12 bits per heavy atom. The summed E-state index contributed by atoms with van der Waals surface area (Å²) >= 11 is 5.84. The number of pyridine rings is 1. The van der Waals surface area contributed by atoms with Gasteiger partial charge in [0.15, 0.2) is 0 Å². The monoisotopic (exact) mass is 246 g/mol. The van der Waals surface area contributed by atoms with Gasteiger partial charge in [-0.05, 0) is 31.7 Å². The van der Waals surface area contributed by atoms with Crippen LogP contribution in [0.5, 0.6) is 0 Å². The third-order valence-electron chi connectivity index (χ3n) is 2.75. The number of hydrogen-bond donors (Lipinski definition) is 1. The summed E-state index contributed by atoms with van der Waals surface area (Å²) < 4.78 is 0. The fraction of sp³-hybridized carbons (Fsp3) is 0.214. The Bertz CT molecular complexity index is 431. The van der Waals surface area contributed by atoms with Gasteiger partial charge in [-0.15, -0.1) is 0 Å². The normalized spacial score (nSPS) is 12.4. The zero-order chi connectivity index (χ0) is 12.3. The van der Waals surface area contributed by atoms with Gasteiger partial charge in [-0.25, -0.2) is 0 Å². The molecule has 0 aliphatic heterocycles. The third-order valence-corrected chi connectivity index (χ3v) is 2.97. The maximum Gasteiger partial charge on any atom is 0.0748 e. The van der Waals surface area contributed by atoms with Gasteiger partial charge in [0, 0.05) is 6.20 Å². The van der Waals surface area contributed by atoms with Crippen LogP contribution in [0, 0.1) is 6.92 Å². The number of halogens is 1. The molecule has 0 saturated heterocycles. The highest BCUT2D eigenvalue weighted by molar-refractivity contribution is 6.30. The Morgan fingerprint density at radius 2 is 1.82 bits per heavy atom. The number of nitrogens with one attached hydrogen (secondary N) is 1. The predicted molar refractivity (Wildman–Crippen MR) is 71.3 cm³/mol. The van der Waals surface area contributed by atoms with E-state index in [1.807, 2.05) is 19.2 Å². The molecule has 0 saturated carbocycles. The largest absolute Gasteiger partial charge is 0.308 e. The van der Waals surface area contributed by atoms with Gasteiger partial charge in [0.05, 0.1) is 16.8 Å². The molecule has 1 N–H and O–H groups in total. The molecule has 0 aliphatic carbocycles. The molecule has 1 aromatic heterocycles. The maximum atomic E-state index is 5.84. The van der Waals surface area contributed by atoms with Gasteiger partial charge in [-0.1, -0.05) is 41.4 Å². The molecule has 1 heterocycles. The molecular formula is C14H15ClN2. The average molecular weight is 247 g/mol. The van der Waals surface area contributed by atoms with Crippen molar-refractivity contribution in [1.29, 1.82) is 0 Å². The Balaban J connectivity index is 2.33. The highest BCUT2D eigenvalue weighted by atomic mass is 35.5. The van der Waals surface area contributed by atoms with Crippen LogP contribution in [-0.2, 0) is 0 Å². The quantitative estimate of drug-likeness (QED) is 0.899. The summed E-state index contributed by atoms with van der Waals surface area (Å²) in [5.74, 6) is 0. The van der Waals surface area contributed by atoms with Gasteiger partial charge in [0.2, 0.25) is 0 Å². The van der Waals surface area contributed by atoms with Crippen LogP contribution in [0.3, 0.4) is 0 Å². The summed E-state index contributed by atoms with van der Waals surface area (Å²) in [6.45, 7) is 2.08. The van der Waals surface area contributed by atoms with E-state index in [1.165, 1.54) is 11.1 Å². The van der Waals surface area contributed by atoms with Gasteiger partial charge in [0.1, 0.15) is 0 Å². The number of hydrogen-bond acceptors (Lipinski definition) is 2. The molecule has 1 aromatic carbocycles. The minimum absolute atomic E-state index is 0.105. The first kappa shape index (κ1) is 12.1. The highest BCUT2D eigenvalue weighted by Crippen LogP contribution is 2.21. The van der Waals surface area contributed by atoms with Crippen LogP contribution in [0.25, 0.3) is 0 Å². The van der Waals surface area contributed by atoms with E-state index in [9.17, 15) is 0 Å². The molecular weight excluding hydrogens is 232 g/mol. The molecule has 0 aliphatic rings. The Morgan fingerprint density at radius 3 is 2.35 bits per heavy atom. The molecule has 17 heavy (non-hydrogen) atoms. The molecule has 2 aromatic rings. The number of rotatable bonds is 3.